The van der Waals surface area contributed by atoms with E-state index in [0.29, 0.717) is 22.8 Å². The van der Waals surface area contributed by atoms with Crippen molar-refractivity contribution in [2.45, 2.75) is 13.5 Å². The summed E-state index contributed by atoms with van der Waals surface area (Å²) in [5.41, 5.74) is 7.54. The number of carbonyl (C=O) groups excluding carboxylic acids is 1. The second kappa shape index (κ2) is 5.59. The number of rotatable bonds is 3. The number of nitrogens with two attached hydrogens (primary N) is 1. The highest BCUT2D eigenvalue weighted by atomic mass is 35.5. The van der Waals surface area contributed by atoms with Gasteiger partial charge in [0.15, 0.2) is 0 Å². The summed E-state index contributed by atoms with van der Waals surface area (Å²) < 4.78 is 0. The van der Waals surface area contributed by atoms with Crippen LogP contribution in [0.15, 0.2) is 23.6 Å². The largest absolute Gasteiger partial charge is 0.398 e. The van der Waals surface area contributed by atoms with Gasteiger partial charge in [-0.05, 0) is 25.1 Å². The number of nitrogens with zero attached hydrogens (tertiary/aromatic N) is 2. The van der Waals surface area contributed by atoms with E-state index in [9.17, 15) is 4.79 Å². The van der Waals surface area contributed by atoms with Gasteiger partial charge in [-0.25, -0.2) is 4.98 Å². The Hall–Kier alpha value is -1.59. The van der Waals surface area contributed by atoms with Crippen LogP contribution in [0.4, 0.5) is 5.69 Å². The van der Waals surface area contributed by atoms with Crippen LogP contribution in [0.5, 0.6) is 0 Å². The van der Waals surface area contributed by atoms with E-state index in [0.717, 1.165) is 10.7 Å². The van der Waals surface area contributed by atoms with E-state index in [1.54, 1.807) is 41.5 Å². The first-order valence-corrected chi connectivity index (χ1v) is 6.94. The molecule has 0 aliphatic heterocycles. The Morgan fingerprint density at radius 3 is 2.84 bits per heavy atom. The number of hydrogen-bond acceptors (Lipinski definition) is 4. The molecule has 100 valence electrons. The summed E-state index contributed by atoms with van der Waals surface area (Å²) in [7, 11) is 1.73. The number of hydrogen-bond donors (Lipinski definition) is 1. The Morgan fingerprint density at radius 1 is 1.53 bits per heavy atom. The van der Waals surface area contributed by atoms with Gasteiger partial charge in [0.25, 0.3) is 5.91 Å². The number of amides is 1. The lowest BCUT2D eigenvalue weighted by Crippen LogP contribution is -2.27. The van der Waals surface area contributed by atoms with Crippen molar-refractivity contribution in [1.82, 2.24) is 9.88 Å². The van der Waals surface area contributed by atoms with Crippen LogP contribution in [-0.4, -0.2) is 22.8 Å². The quantitative estimate of drug-likeness (QED) is 0.886. The first-order valence-electron chi connectivity index (χ1n) is 5.69. The molecule has 1 amide bonds. The summed E-state index contributed by atoms with van der Waals surface area (Å²) in [5.74, 6) is -0.139. The zero-order valence-electron chi connectivity index (χ0n) is 10.7. The van der Waals surface area contributed by atoms with Gasteiger partial charge in [-0.2, -0.15) is 0 Å². The summed E-state index contributed by atoms with van der Waals surface area (Å²) >= 11 is 7.39. The Kier molecular flexibility index (Phi) is 4.07. The maximum atomic E-state index is 12.3. The molecule has 2 N–H and O–H groups in total. The molecule has 0 spiro atoms. The van der Waals surface area contributed by atoms with Crippen molar-refractivity contribution in [2.75, 3.05) is 12.8 Å². The molecule has 6 heteroatoms. The van der Waals surface area contributed by atoms with Gasteiger partial charge in [0.2, 0.25) is 0 Å². The summed E-state index contributed by atoms with van der Waals surface area (Å²) in [6.07, 6.45) is 0. The zero-order valence-corrected chi connectivity index (χ0v) is 12.3. The molecular weight excluding hydrogens is 282 g/mol. The van der Waals surface area contributed by atoms with Crippen LogP contribution in [0.3, 0.4) is 0 Å². The minimum absolute atomic E-state index is 0.139. The molecule has 0 bridgehead atoms. The first-order chi connectivity index (χ1) is 8.97. The van der Waals surface area contributed by atoms with E-state index < -0.39 is 0 Å². The molecule has 0 atom stereocenters. The van der Waals surface area contributed by atoms with Gasteiger partial charge in [0.05, 0.1) is 22.8 Å². The zero-order chi connectivity index (χ0) is 14.0. The van der Waals surface area contributed by atoms with Crippen LogP contribution < -0.4 is 5.73 Å². The lowest BCUT2D eigenvalue weighted by Gasteiger charge is -2.17. The minimum atomic E-state index is -0.139. The molecule has 0 radical (unpaired) electrons. The van der Waals surface area contributed by atoms with Crippen molar-refractivity contribution >= 4 is 34.5 Å². The van der Waals surface area contributed by atoms with Gasteiger partial charge in [0.1, 0.15) is 0 Å². The number of thiazole rings is 1. The number of aromatic nitrogens is 1. The van der Waals surface area contributed by atoms with Crippen molar-refractivity contribution < 1.29 is 4.79 Å². The molecular formula is C13H14ClN3OS. The van der Waals surface area contributed by atoms with Crippen molar-refractivity contribution in [3.8, 4) is 0 Å². The predicted molar refractivity (Wildman–Crippen MR) is 78.5 cm³/mol. The van der Waals surface area contributed by atoms with Gasteiger partial charge in [-0.15, -0.1) is 11.3 Å². The molecule has 0 aliphatic carbocycles. The molecule has 4 nitrogen and oxygen atoms in total. The fourth-order valence-corrected chi connectivity index (χ4v) is 2.51. The second-order valence-electron chi connectivity index (χ2n) is 4.25. The third-order valence-corrected chi connectivity index (χ3v) is 3.71. The average Bonchev–Trinajstić information content (AvgIpc) is 2.74. The molecule has 19 heavy (non-hydrogen) atoms. The Labute approximate surface area is 120 Å². The lowest BCUT2D eigenvalue weighted by atomic mass is 10.1. The summed E-state index contributed by atoms with van der Waals surface area (Å²) in [6, 6.07) is 4.88. The fraction of sp³-hybridized carbons (Fsp3) is 0.231. The highest BCUT2D eigenvalue weighted by Crippen LogP contribution is 2.20. The second-order valence-corrected chi connectivity index (χ2v) is 5.75. The van der Waals surface area contributed by atoms with E-state index in [1.807, 2.05) is 12.3 Å². The predicted octanol–water partition coefficient (Wildman–Crippen LogP) is 2.96. The standard InChI is InChI=1S/C13H14ClN3OS/c1-8-16-10(7-19-8)6-17(2)13(18)11-4-3-9(14)5-12(11)15/h3-5,7H,6,15H2,1-2H3. The Bertz CT molecular complexity index is 612. The Balaban J connectivity index is 2.14. The van der Waals surface area contributed by atoms with Crippen LogP contribution >= 0.6 is 22.9 Å². The van der Waals surface area contributed by atoms with Gasteiger partial charge >= 0.3 is 0 Å². The number of halogens is 1. The number of aryl methyl sites for hydroxylation is 1. The fourth-order valence-electron chi connectivity index (χ4n) is 1.73. The SMILES string of the molecule is Cc1nc(CN(C)C(=O)c2ccc(Cl)cc2N)cs1. The van der Waals surface area contributed by atoms with E-state index in [-0.39, 0.29) is 5.91 Å². The highest BCUT2D eigenvalue weighted by Gasteiger charge is 2.16. The molecule has 0 saturated heterocycles. The first kappa shape index (κ1) is 13.8. The van der Waals surface area contributed by atoms with Crippen LogP contribution in [-0.2, 0) is 6.54 Å². The molecule has 1 heterocycles. The monoisotopic (exact) mass is 295 g/mol. The molecule has 2 aromatic rings. The van der Waals surface area contributed by atoms with Crippen molar-refractivity contribution in [2.24, 2.45) is 0 Å². The average molecular weight is 296 g/mol. The van der Waals surface area contributed by atoms with Gasteiger partial charge in [0, 0.05) is 23.1 Å². The van der Waals surface area contributed by atoms with Crippen LogP contribution in [0.25, 0.3) is 0 Å². The molecule has 0 aliphatic rings. The maximum absolute atomic E-state index is 12.3. The van der Waals surface area contributed by atoms with E-state index in [4.69, 9.17) is 17.3 Å². The molecule has 0 unspecified atom stereocenters. The van der Waals surface area contributed by atoms with E-state index in [1.165, 1.54) is 0 Å². The summed E-state index contributed by atoms with van der Waals surface area (Å²) in [6.45, 7) is 2.40. The van der Waals surface area contributed by atoms with Crippen LogP contribution in [0.1, 0.15) is 21.1 Å². The maximum Gasteiger partial charge on any atom is 0.256 e. The molecule has 1 aromatic carbocycles. The molecule has 2 rings (SSSR count). The third-order valence-electron chi connectivity index (χ3n) is 2.66. The van der Waals surface area contributed by atoms with Crippen molar-refractivity contribution in [3.05, 3.63) is 44.9 Å². The normalized spacial score (nSPS) is 10.5. The molecule has 0 fully saturated rings. The van der Waals surface area contributed by atoms with Gasteiger partial charge in [-0.1, -0.05) is 11.6 Å². The number of nitrogen functional groups attached to an aromatic ring is 1. The number of anilines is 1. The number of benzene rings is 1. The van der Waals surface area contributed by atoms with Crippen LogP contribution in [0.2, 0.25) is 5.02 Å². The van der Waals surface area contributed by atoms with Crippen molar-refractivity contribution in [3.63, 3.8) is 0 Å². The topological polar surface area (TPSA) is 59.2 Å². The Morgan fingerprint density at radius 2 is 2.26 bits per heavy atom. The van der Waals surface area contributed by atoms with Crippen molar-refractivity contribution in [1.29, 1.82) is 0 Å². The highest BCUT2D eigenvalue weighted by molar-refractivity contribution is 7.09. The lowest BCUT2D eigenvalue weighted by molar-refractivity contribution is 0.0784. The smallest absolute Gasteiger partial charge is 0.256 e. The van der Waals surface area contributed by atoms with Crippen LogP contribution in [0, 0.1) is 6.92 Å². The van der Waals surface area contributed by atoms with Gasteiger partial charge < -0.3 is 10.6 Å². The molecule has 0 saturated carbocycles. The third kappa shape index (κ3) is 3.24. The molecule has 1 aromatic heterocycles. The van der Waals surface area contributed by atoms with Gasteiger partial charge in [-0.3, -0.25) is 4.79 Å². The summed E-state index contributed by atoms with van der Waals surface area (Å²) in [5, 5.41) is 3.46. The minimum Gasteiger partial charge on any atom is -0.398 e. The number of carbonyl (C=O) groups is 1. The van der Waals surface area contributed by atoms with E-state index >= 15 is 0 Å². The van der Waals surface area contributed by atoms with E-state index in [2.05, 4.69) is 4.98 Å². The summed E-state index contributed by atoms with van der Waals surface area (Å²) in [4.78, 5) is 18.2.